The zero-order valence-corrected chi connectivity index (χ0v) is 15.9. The van der Waals surface area contributed by atoms with Crippen molar-refractivity contribution in [1.82, 2.24) is 15.5 Å². The van der Waals surface area contributed by atoms with E-state index in [-0.39, 0.29) is 17.7 Å². The van der Waals surface area contributed by atoms with Crippen LogP contribution in [0.1, 0.15) is 50.0 Å². The summed E-state index contributed by atoms with van der Waals surface area (Å²) in [5, 5.41) is 13.9. The van der Waals surface area contributed by atoms with Crippen molar-refractivity contribution in [3.8, 4) is 11.5 Å². The first-order chi connectivity index (χ1) is 13.0. The Morgan fingerprint density at radius 3 is 2.74 bits per heavy atom. The van der Waals surface area contributed by atoms with E-state index in [1.165, 1.54) is 19.3 Å². The summed E-state index contributed by atoms with van der Waals surface area (Å²) in [6.45, 7) is 4.29. The van der Waals surface area contributed by atoms with E-state index in [9.17, 15) is 4.79 Å². The number of carbonyl (C=O) groups excluding carboxylic acids is 1. The second kappa shape index (κ2) is 7.31. The summed E-state index contributed by atoms with van der Waals surface area (Å²) in [6, 6.07) is 5.54. The van der Waals surface area contributed by atoms with E-state index in [1.807, 2.05) is 25.1 Å². The van der Waals surface area contributed by atoms with E-state index in [0.717, 1.165) is 36.1 Å². The fourth-order valence-corrected chi connectivity index (χ4v) is 4.13. The normalized spacial score (nSPS) is 21.3. The molecule has 1 aliphatic carbocycles. The minimum Gasteiger partial charge on any atom is -0.421 e. The molecule has 2 N–H and O–H groups in total. The van der Waals surface area contributed by atoms with Gasteiger partial charge in [0.15, 0.2) is 0 Å². The SMILES string of the molecule is Cc1nnc(-c2ccc(C)c(NC(=O)NC3COC4(CCCCC4)C3)c2)o1. The van der Waals surface area contributed by atoms with Crippen LogP contribution in [0.25, 0.3) is 11.5 Å². The fourth-order valence-electron chi connectivity index (χ4n) is 4.13. The lowest BCUT2D eigenvalue weighted by molar-refractivity contribution is -0.0245. The third-order valence-electron chi connectivity index (χ3n) is 5.57. The van der Waals surface area contributed by atoms with Gasteiger partial charge in [-0.3, -0.25) is 0 Å². The highest BCUT2D eigenvalue weighted by molar-refractivity contribution is 5.91. The summed E-state index contributed by atoms with van der Waals surface area (Å²) in [7, 11) is 0. The van der Waals surface area contributed by atoms with E-state index in [2.05, 4.69) is 20.8 Å². The summed E-state index contributed by atoms with van der Waals surface area (Å²) in [5.41, 5.74) is 2.47. The minimum atomic E-state index is -0.210. The van der Waals surface area contributed by atoms with Gasteiger partial charge in [0, 0.05) is 18.2 Å². The van der Waals surface area contributed by atoms with Crippen LogP contribution in [-0.2, 0) is 4.74 Å². The summed E-state index contributed by atoms with van der Waals surface area (Å²) >= 11 is 0. The molecule has 2 aromatic rings. The Balaban J connectivity index is 1.39. The molecule has 144 valence electrons. The van der Waals surface area contributed by atoms with Crippen molar-refractivity contribution in [2.45, 2.75) is 64.0 Å². The van der Waals surface area contributed by atoms with Crippen LogP contribution in [0.5, 0.6) is 0 Å². The number of aromatic nitrogens is 2. The molecule has 1 aromatic heterocycles. The molecule has 1 saturated carbocycles. The highest BCUT2D eigenvalue weighted by atomic mass is 16.5. The first-order valence-electron chi connectivity index (χ1n) is 9.66. The molecule has 1 saturated heterocycles. The van der Waals surface area contributed by atoms with Gasteiger partial charge in [0.1, 0.15) is 0 Å². The maximum atomic E-state index is 12.5. The van der Waals surface area contributed by atoms with E-state index in [4.69, 9.17) is 9.15 Å². The van der Waals surface area contributed by atoms with Crippen molar-refractivity contribution in [2.75, 3.05) is 11.9 Å². The smallest absolute Gasteiger partial charge is 0.319 e. The van der Waals surface area contributed by atoms with Gasteiger partial charge in [-0.15, -0.1) is 10.2 Å². The standard InChI is InChI=1S/C20H26N4O3/c1-13-6-7-15(18-24-23-14(2)27-18)10-17(13)22-19(25)21-16-11-20(26-12-16)8-4-3-5-9-20/h6-7,10,16H,3-5,8-9,11-12H2,1-2H3,(H2,21,22,25). The molecule has 2 amide bonds. The Bertz CT molecular complexity index is 826. The molecule has 4 rings (SSSR count). The number of hydrogen-bond acceptors (Lipinski definition) is 5. The Morgan fingerprint density at radius 1 is 1.19 bits per heavy atom. The second-order valence-electron chi connectivity index (χ2n) is 7.71. The van der Waals surface area contributed by atoms with Crippen LogP contribution in [0, 0.1) is 13.8 Å². The van der Waals surface area contributed by atoms with Crippen molar-refractivity contribution in [1.29, 1.82) is 0 Å². The first-order valence-corrected chi connectivity index (χ1v) is 9.66. The van der Waals surface area contributed by atoms with Crippen LogP contribution in [0.3, 0.4) is 0 Å². The van der Waals surface area contributed by atoms with Crippen molar-refractivity contribution in [2.24, 2.45) is 0 Å². The third-order valence-corrected chi connectivity index (χ3v) is 5.57. The van der Waals surface area contributed by atoms with Crippen molar-refractivity contribution < 1.29 is 13.9 Å². The van der Waals surface area contributed by atoms with Crippen LogP contribution in [-0.4, -0.2) is 34.5 Å². The second-order valence-corrected chi connectivity index (χ2v) is 7.71. The predicted octanol–water partition coefficient (Wildman–Crippen LogP) is 3.97. The van der Waals surface area contributed by atoms with Gasteiger partial charge in [0.25, 0.3) is 0 Å². The molecule has 1 aromatic carbocycles. The lowest BCUT2D eigenvalue weighted by Gasteiger charge is -2.32. The van der Waals surface area contributed by atoms with Gasteiger partial charge in [-0.05, 0) is 43.9 Å². The molecule has 1 aliphatic heterocycles. The number of hydrogen-bond donors (Lipinski definition) is 2. The molecule has 2 heterocycles. The number of carbonyl (C=O) groups is 1. The topological polar surface area (TPSA) is 89.3 Å². The molecule has 1 spiro atoms. The van der Waals surface area contributed by atoms with E-state index in [0.29, 0.717) is 18.4 Å². The number of rotatable bonds is 3. The van der Waals surface area contributed by atoms with Gasteiger partial charge in [-0.1, -0.05) is 25.3 Å². The van der Waals surface area contributed by atoms with Crippen molar-refractivity contribution in [3.05, 3.63) is 29.7 Å². The molecule has 2 fully saturated rings. The maximum Gasteiger partial charge on any atom is 0.319 e. The van der Waals surface area contributed by atoms with E-state index < -0.39 is 0 Å². The summed E-state index contributed by atoms with van der Waals surface area (Å²) in [4.78, 5) is 12.5. The third kappa shape index (κ3) is 3.98. The fraction of sp³-hybridized carbons (Fsp3) is 0.550. The van der Waals surface area contributed by atoms with Gasteiger partial charge in [0.2, 0.25) is 11.8 Å². The quantitative estimate of drug-likeness (QED) is 0.853. The Hall–Kier alpha value is -2.41. The average molecular weight is 370 g/mol. The largest absolute Gasteiger partial charge is 0.421 e. The Morgan fingerprint density at radius 2 is 2.00 bits per heavy atom. The molecule has 27 heavy (non-hydrogen) atoms. The van der Waals surface area contributed by atoms with Gasteiger partial charge < -0.3 is 19.8 Å². The Labute approximate surface area is 158 Å². The number of nitrogens with zero attached hydrogens (tertiary/aromatic N) is 2. The minimum absolute atomic E-state index is 0.0121. The number of amides is 2. The van der Waals surface area contributed by atoms with Gasteiger partial charge in [-0.2, -0.15) is 0 Å². The average Bonchev–Trinajstić information content (AvgIpc) is 3.24. The van der Waals surface area contributed by atoms with Crippen LogP contribution < -0.4 is 10.6 Å². The first kappa shape index (κ1) is 18.0. The van der Waals surface area contributed by atoms with E-state index in [1.54, 1.807) is 6.92 Å². The number of nitrogens with one attached hydrogen (secondary N) is 2. The highest BCUT2D eigenvalue weighted by Crippen LogP contribution is 2.39. The number of aryl methyl sites for hydroxylation is 2. The van der Waals surface area contributed by atoms with E-state index >= 15 is 0 Å². The number of urea groups is 1. The highest BCUT2D eigenvalue weighted by Gasteiger charge is 2.41. The number of anilines is 1. The van der Waals surface area contributed by atoms with Crippen LogP contribution in [0.15, 0.2) is 22.6 Å². The van der Waals surface area contributed by atoms with Gasteiger partial charge in [-0.25, -0.2) is 4.79 Å². The van der Waals surface area contributed by atoms with Crippen LogP contribution in [0.2, 0.25) is 0 Å². The number of ether oxygens (including phenoxy) is 1. The molecule has 7 heteroatoms. The zero-order valence-electron chi connectivity index (χ0n) is 15.9. The van der Waals surface area contributed by atoms with Crippen LogP contribution in [0.4, 0.5) is 10.5 Å². The molecule has 1 atom stereocenters. The summed E-state index contributed by atoms with van der Waals surface area (Å²) < 4.78 is 11.6. The lowest BCUT2D eigenvalue weighted by atomic mass is 9.82. The van der Waals surface area contributed by atoms with Crippen molar-refractivity contribution >= 4 is 11.7 Å². The summed E-state index contributed by atoms with van der Waals surface area (Å²) in [5.74, 6) is 0.954. The monoisotopic (exact) mass is 370 g/mol. The molecule has 0 radical (unpaired) electrons. The summed E-state index contributed by atoms with van der Waals surface area (Å²) in [6.07, 6.45) is 6.86. The zero-order chi connectivity index (χ0) is 18.9. The molecular formula is C20H26N4O3. The maximum absolute atomic E-state index is 12.5. The molecule has 7 nitrogen and oxygen atoms in total. The van der Waals surface area contributed by atoms with Gasteiger partial charge in [0.05, 0.1) is 18.2 Å². The molecule has 1 unspecified atom stereocenters. The van der Waals surface area contributed by atoms with Gasteiger partial charge >= 0.3 is 6.03 Å². The van der Waals surface area contributed by atoms with Crippen molar-refractivity contribution in [3.63, 3.8) is 0 Å². The lowest BCUT2D eigenvalue weighted by Crippen LogP contribution is -2.39. The molecule has 0 bridgehead atoms. The molecular weight excluding hydrogens is 344 g/mol. The Kier molecular flexibility index (Phi) is 4.86. The molecule has 2 aliphatic rings. The number of benzene rings is 1. The predicted molar refractivity (Wildman–Crippen MR) is 102 cm³/mol. The van der Waals surface area contributed by atoms with Crippen LogP contribution >= 0.6 is 0 Å².